The lowest BCUT2D eigenvalue weighted by Gasteiger charge is -2.09. The van der Waals surface area contributed by atoms with Crippen LogP contribution in [0.2, 0.25) is 0 Å². The second-order valence-electron chi connectivity index (χ2n) is 5.54. The molecule has 110 valence electrons. The maximum Gasteiger partial charge on any atom is 0.197 e. The minimum absolute atomic E-state index is 0.00236. The zero-order chi connectivity index (χ0) is 15.5. The molecular formula is C19H18N2O. The van der Waals surface area contributed by atoms with Crippen LogP contribution < -0.4 is 5.32 Å². The van der Waals surface area contributed by atoms with Crippen LogP contribution in [0.3, 0.4) is 0 Å². The van der Waals surface area contributed by atoms with Gasteiger partial charge in [-0.25, -0.2) is 4.98 Å². The lowest BCUT2D eigenvalue weighted by molar-refractivity contribution is 0.104. The normalized spacial score (nSPS) is 10.9. The van der Waals surface area contributed by atoms with Gasteiger partial charge in [-0.05, 0) is 19.9 Å². The molecule has 1 aromatic rings. The van der Waals surface area contributed by atoms with E-state index >= 15 is 0 Å². The van der Waals surface area contributed by atoms with Crippen molar-refractivity contribution in [3.05, 3.63) is 71.8 Å². The van der Waals surface area contributed by atoms with Crippen LogP contribution in [0.1, 0.15) is 29.8 Å². The van der Waals surface area contributed by atoms with Gasteiger partial charge in [-0.1, -0.05) is 54.6 Å². The van der Waals surface area contributed by atoms with Crippen LogP contribution >= 0.6 is 0 Å². The fourth-order valence-electron chi connectivity index (χ4n) is 2.49. The quantitative estimate of drug-likeness (QED) is 0.731. The molecule has 0 aromatic heterocycles. The van der Waals surface area contributed by atoms with Gasteiger partial charge >= 0.3 is 0 Å². The van der Waals surface area contributed by atoms with E-state index in [1.54, 1.807) is 0 Å². The fourth-order valence-corrected chi connectivity index (χ4v) is 2.49. The third-order valence-corrected chi connectivity index (χ3v) is 3.44. The first-order chi connectivity index (χ1) is 10.7. The number of rotatable bonds is 4. The molecule has 0 spiro atoms. The fraction of sp³-hybridized carbons (Fsp3) is 0.158. The standard InChI is InChI=1S/C19H18N2O/c1-13(2)20-19-17(18(22)14-9-5-3-6-10-14)15-11-7-4-8-12-16(15)21-19/h3-13H,1-2H3,(H,20,21). The average Bonchev–Trinajstić information content (AvgIpc) is 2.68. The lowest BCUT2D eigenvalue weighted by atomic mass is 10.00. The van der Waals surface area contributed by atoms with Gasteiger partial charge in [-0.2, -0.15) is 0 Å². The Labute approximate surface area is 130 Å². The lowest BCUT2D eigenvalue weighted by Crippen LogP contribution is -2.13. The Balaban J connectivity index is 2.17. The summed E-state index contributed by atoms with van der Waals surface area (Å²) in [6.45, 7) is 4.08. The molecule has 0 radical (unpaired) electrons. The van der Waals surface area contributed by atoms with Crippen LogP contribution in [0.5, 0.6) is 0 Å². The monoisotopic (exact) mass is 290 g/mol. The zero-order valence-electron chi connectivity index (χ0n) is 12.7. The second kappa shape index (κ2) is 5.98. The van der Waals surface area contributed by atoms with Crippen LogP contribution in [0.25, 0.3) is 11.3 Å². The summed E-state index contributed by atoms with van der Waals surface area (Å²) >= 11 is 0. The van der Waals surface area contributed by atoms with E-state index in [-0.39, 0.29) is 11.8 Å². The van der Waals surface area contributed by atoms with Gasteiger partial charge in [0.2, 0.25) is 0 Å². The van der Waals surface area contributed by atoms with E-state index in [9.17, 15) is 4.79 Å². The van der Waals surface area contributed by atoms with Crippen molar-refractivity contribution in [3.63, 3.8) is 0 Å². The summed E-state index contributed by atoms with van der Waals surface area (Å²) in [4.78, 5) is 17.6. The van der Waals surface area contributed by atoms with Crippen LogP contribution in [0.15, 0.2) is 60.7 Å². The summed E-state index contributed by atoms with van der Waals surface area (Å²) in [6.07, 6.45) is 0. The number of hydrogen-bond donors (Lipinski definition) is 1. The van der Waals surface area contributed by atoms with Crippen molar-refractivity contribution in [2.45, 2.75) is 19.9 Å². The summed E-state index contributed by atoms with van der Waals surface area (Å²) < 4.78 is 0. The highest BCUT2D eigenvalue weighted by Gasteiger charge is 2.24. The van der Waals surface area contributed by atoms with E-state index in [1.165, 1.54) is 0 Å². The number of nitrogens with one attached hydrogen (secondary N) is 1. The molecule has 1 aliphatic carbocycles. The molecule has 1 heterocycles. The summed E-state index contributed by atoms with van der Waals surface area (Å²) in [7, 11) is 0. The molecule has 1 aliphatic heterocycles. The molecule has 0 saturated heterocycles. The first-order valence-corrected chi connectivity index (χ1v) is 7.42. The van der Waals surface area contributed by atoms with Gasteiger partial charge in [0, 0.05) is 17.2 Å². The smallest absolute Gasteiger partial charge is 0.197 e. The predicted molar refractivity (Wildman–Crippen MR) is 89.5 cm³/mol. The number of hydrogen-bond acceptors (Lipinski definition) is 3. The highest BCUT2D eigenvalue weighted by atomic mass is 16.1. The molecule has 2 aliphatic rings. The van der Waals surface area contributed by atoms with Crippen LogP contribution in [-0.2, 0) is 0 Å². The molecule has 3 rings (SSSR count). The van der Waals surface area contributed by atoms with Crippen molar-refractivity contribution in [2.24, 2.45) is 0 Å². The van der Waals surface area contributed by atoms with Crippen molar-refractivity contribution in [3.8, 4) is 11.3 Å². The van der Waals surface area contributed by atoms with Gasteiger partial charge in [0.15, 0.2) is 5.78 Å². The van der Waals surface area contributed by atoms with Gasteiger partial charge in [-0.3, -0.25) is 4.79 Å². The van der Waals surface area contributed by atoms with Gasteiger partial charge in [-0.15, -0.1) is 0 Å². The first kappa shape index (κ1) is 14.3. The van der Waals surface area contributed by atoms with Crippen molar-refractivity contribution in [1.29, 1.82) is 0 Å². The molecule has 1 aromatic carbocycles. The van der Waals surface area contributed by atoms with E-state index < -0.39 is 0 Å². The largest absolute Gasteiger partial charge is 0.367 e. The summed E-state index contributed by atoms with van der Waals surface area (Å²) in [5, 5.41) is 3.29. The van der Waals surface area contributed by atoms with Crippen molar-refractivity contribution >= 4 is 11.6 Å². The van der Waals surface area contributed by atoms with E-state index in [0.29, 0.717) is 16.9 Å². The molecule has 0 bridgehead atoms. The van der Waals surface area contributed by atoms with Crippen molar-refractivity contribution < 1.29 is 4.79 Å². The number of nitrogens with zero attached hydrogens (tertiary/aromatic N) is 1. The van der Waals surface area contributed by atoms with Gasteiger partial charge < -0.3 is 5.32 Å². The van der Waals surface area contributed by atoms with E-state index in [4.69, 9.17) is 0 Å². The van der Waals surface area contributed by atoms with Crippen molar-refractivity contribution in [1.82, 2.24) is 4.98 Å². The molecule has 0 amide bonds. The molecule has 0 saturated carbocycles. The van der Waals surface area contributed by atoms with E-state index in [2.05, 4.69) is 10.3 Å². The molecule has 1 N–H and O–H groups in total. The van der Waals surface area contributed by atoms with Gasteiger partial charge in [0.1, 0.15) is 5.82 Å². The van der Waals surface area contributed by atoms with Gasteiger partial charge in [0.25, 0.3) is 0 Å². The molecule has 0 atom stereocenters. The van der Waals surface area contributed by atoms with E-state index in [1.807, 2.05) is 74.5 Å². The number of ketones is 1. The van der Waals surface area contributed by atoms with Crippen LogP contribution in [-0.4, -0.2) is 16.8 Å². The minimum atomic E-state index is -0.00236. The van der Waals surface area contributed by atoms with Crippen LogP contribution in [0, 0.1) is 0 Å². The number of benzene rings is 1. The Morgan fingerprint density at radius 2 is 1.59 bits per heavy atom. The number of anilines is 1. The maximum atomic E-state index is 12.9. The Hall–Kier alpha value is -2.68. The highest BCUT2D eigenvalue weighted by Crippen LogP contribution is 2.33. The number of fused-ring (bicyclic) bond motifs is 1. The maximum absolute atomic E-state index is 12.9. The summed E-state index contributed by atoms with van der Waals surface area (Å²) in [5.41, 5.74) is 3.02. The third kappa shape index (κ3) is 2.70. The molecule has 22 heavy (non-hydrogen) atoms. The molecule has 3 nitrogen and oxygen atoms in total. The predicted octanol–water partition coefficient (Wildman–Crippen LogP) is 4.24. The molecule has 0 unspecified atom stereocenters. The van der Waals surface area contributed by atoms with Crippen LogP contribution in [0.4, 0.5) is 5.82 Å². The number of carbonyl (C=O) groups is 1. The topological polar surface area (TPSA) is 42.0 Å². The zero-order valence-corrected chi connectivity index (χ0v) is 12.7. The highest BCUT2D eigenvalue weighted by molar-refractivity contribution is 6.16. The summed E-state index contributed by atoms with van der Waals surface area (Å²) in [6, 6.07) is 19.2. The molecule has 3 heteroatoms. The minimum Gasteiger partial charge on any atom is -0.367 e. The Kier molecular flexibility index (Phi) is 3.88. The van der Waals surface area contributed by atoms with E-state index in [0.717, 1.165) is 11.3 Å². The summed E-state index contributed by atoms with van der Waals surface area (Å²) in [5.74, 6) is 0.655. The second-order valence-corrected chi connectivity index (χ2v) is 5.54. The molecule has 0 fully saturated rings. The average molecular weight is 290 g/mol. The first-order valence-electron chi connectivity index (χ1n) is 7.42. The van der Waals surface area contributed by atoms with Crippen molar-refractivity contribution in [2.75, 3.05) is 5.32 Å². The number of carbonyl (C=O) groups excluding carboxylic acids is 1. The Bertz CT molecular complexity index is 766. The Morgan fingerprint density at radius 3 is 2.27 bits per heavy atom. The van der Waals surface area contributed by atoms with Gasteiger partial charge in [0.05, 0.1) is 11.3 Å². The molecular weight excluding hydrogens is 272 g/mol. The number of aromatic nitrogens is 1. The third-order valence-electron chi connectivity index (χ3n) is 3.44. The SMILES string of the molecule is CC(C)Nc1nc2cccccc-2c1C(=O)c1ccccc1. The Morgan fingerprint density at radius 1 is 0.955 bits per heavy atom.